The first-order valence-corrected chi connectivity index (χ1v) is 7.51. The van der Waals surface area contributed by atoms with Crippen LogP contribution in [0.1, 0.15) is 15.9 Å². The molecule has 0 spiro atoms. The average molecular weight is 382 g/mol. The van der Waals surface area contributed by atoms with Crippen molar-refractivity contribution < 1.29 is 18.7 Å². The Kier molecular flexibility index (Phi) is 5.73. The van der Waals surface area contributed by atoms with Crippen LogP contribution in [0.25, 0.3) is 6.08 Å². The number of Topliss-reactive ketones (excluding diaryl/α,β-unsaturated/α-hetero) is 1. The molecule has 0 unspecified atom stereocenters. The number of aromatic amines is 1. The molecule has 0 aliphatic rings. The monoisotopic (exact) mass is 381 g/mol. The number of nitrogens with one attached hydrogen (secondary N) is 1. The van der Waals surface area contributed by atoms with Gasteiger partial charge in [-0.2, -0.15) is 0 Å². The van der Waals surface area contributed by atoms with Gasteiger partial charge >= 0.3 is 11.7 Å². The molecule has 10 heteroatoms. The number of aromatic nitrogens is 2. The predicted octanol–water partition coefficient (Wildman–Crippen LogP) is 0.888. The third-order valence-electron chi connectivity index (χ3n) is 3.38. The van der Waals surface area contributed by atoms with E-state index in [4.69, 9.17) is 22.1 Å². The van der Waals surface area contributed by atoms with Gasteiger partial charge in [-0.15, -0.1) is 0 Å². The smallest absolute Gasteiger partial charge is 0.331 e. The lowest BCUT2D eigenvalue weighted by Gasteiger charge is -2.07. The molecule has 0 amide bonds. The van der Waals surface area contributed by atoms with Gasteiger partial charge < -0.3 is 10.5 Å². The van der Waals surface area contributed by atoms with Crippen molar-refractivity contribution in [2.24, 2.45) is 7.05 Å². The zero-order chi connectivity index (χ0) is 19.4. The summed E-state index contributed by atoms with van der Waals surface area (Å²) in [6.07, 6.45) is 1.98. The molecular formula is C16H13ClFN3O5. The number of carbonyl (C=O) groups excluding carboxylic acids is 2. The molecule has 2 rings (SSSR count). The average Bonchev–Trinajstić information content (AvgIpc) is 2.57. The second kappa shape index (κ2) is 7.79. The Morgan fingerprint density at radius 1 is 1.38 bits per heavy atom. The standard InChI is InChI=1S/C16H13ClFN3O5/c1-21-14(19)13(15(24)20-16(21)25)11(22)7-26-12(23)6-5-8-9(17)3-2-4-10(8)18/h2-6H,7,19H2,1H3,(H,20,24,25)/b6-5+. The van der Waals surface area contributed by atoms with E-state index in [0.717, 1.165) is 22.8 Å². The van der Waals surface area contributed by atoms with Crippen LogP contribution in [-0.4, -0.2) is 27.9 Å². The highest BCUT2D eigenvalue weighted by Crippen LogP contribution is 2.20. The van der Waals surface area contributed by atoms with Crippen molar-refractivity contribution >= 4 is 35.2 Å². The number of anilines is 1. The van der Waals surface area contributed by atoms with Gasteiger partial charge in [-0.05, 0) is 18.2 Å². The van der Waals surface area contributed by atoms with E-state index in [1.807, 2.05) is 4.98 Å². The molecule has 0 saturated carbocycles. The van der Waals surface area contributed by atoms with Crippen molar-refractivity contribution in [2.75, 3.05) is 12.3 Å². The summed E-state index contributed by atoms with van der Waals surface area (Å²) in [5, 5.41) is 0.0923. The summed E-state index contributed by atoms with van der Waals surface area (Å²) in [7, 11) is 1.26. The molecule has 0 aliphatic carbocycles. The Morgan fingerprint density at radius 3 is 2.73 bits per heavy atom. The van der Waals surface area contributed by atoms with E-state index in [1.165, 1.54) is 19.2 Å². The minimum Gasteiger partial charge on any atom is -0.454 e. The number of nitrogens with two attached hydrogens (primary N) is 1. The van der Waals surface area contributed by atoms with Crippen LogP contribution in [0.15, 0.2) is 33.9 Å². The van der Waals surface area contributed by atoms with Crippen LogP contribution < -0.4 is 17.0 Å². The second-order valence-electron chi connectivity index (χ2n) is 5.08. The van der Waals surface area contributed by atoms with Crippen LogP contribution in [0, 0.1) is 5.82 Å². The maximum Gasteiger partial charge on any atom is 0.331 e. The highest BCUT2D eigenvalue weighted by atomic mass is 35.5. The Labute approximate surface area is 150 Å². The summed E-state index contributed by atoms with van der Waals surface area (Å²) < 4.78 is 19.1. The van der Waals surface area contributed by atoms with Gasteiger partial charge in [0, 0.05) is 18.7 Å². The van der Waals surface area contributed by atoms with Crippen LogP contribution in [0.3, 0.4) is 0 Å². The van der Waals surface area contributed by atoms with Crippen LogP contribution in [-0.2, 0) is 16.6 Å². The molecule has 1 aromatic carbocycles. The Morgan fingerprint density at radius 2 is 2.08 bits per heavy atom. The molecular weight excluding hydrogens is 369 g/mol. The number of ether oxygens (including phenoxy) is 1. The van der Waals surface area contributed by atoms with E-state index in [1.54, 1.807) is 0 Å². The molecule has 0 fully saturated rings. The normalized spacial score (nSPS) is 10.9. The van der Waals surface area contributed by atoms with Crippen molar-refractivity contribution in [2.45, 2.75) is 0 Å². The fourth-order valence-corrected chi connectivity index (χ4v) is 2.21. The van der Waals surface area contributed by atoms with E-state index in [2.05, 4.69) is 0 Å². The molecule has 136 valence electrons. The zero-order valence-electron chi connectivity index (χ0n) is 13.4. The summed E-state index contributed by atoms with van der Waals surface area (Å²) in [6, 6.07) is 4.00. The first kappa shape index (κ1) is 19.1. The number of esters is 1. The van der Waals surface area contributed by atoms with E-state index in [-0.39, 0.29) is 16.4 Å². The predicted molar refractivity (Wildman–Crippen MR) is 92.4 cm³/mol. The summed E-state index contributed by atoms with van der Waals surface area (Å²) in [4.78, 5) is 48.7. The van der Waals surface area contributed by atoms with E-state index >= 15 is 0 Å². The van der Waals surface area contributed by atoms with Gasteiger partial charge in [0.25, 0.3) is 5.56 Å². The van der Waals surface area contributed by atoms with Crippen LogP contribution >= 0.6 is 11.6 Å². The van der Waals surface area contributed by atoms with Crippen molar-refractivity contribution in [1.29, 1.82) is 0 Å². The first-order chi connectivity index (χ1) is 12.2. The van der Waals surface area contributed by atoms with Crippen molar-refractivity contribution in [3.05, 3.63) is 67.1 Å². The first-order valence-electron chi connectivity index (χ1n) is 7.13. The zero-order valence-corrected chi connectivity index (χ0v) is 14.2. The Hall–Kier alpha value is -3.20. The molecule has 2 aromatic rings. The number of hydrogen-bond donors (Lipinski definition) is 2. The van der Waals surface area contributed by atoms with Gasteiger partial charge in [-0.25, -0.2) is 14.0 Å². The number of halogens is 2. The lowest BCUT2D eigenvalue weighted by molar-refractivity contribution is -0.136. The van der Waals surface area contributed by atoms with Gasteiger partial charge in [-0.1, -0.05) is 17.7 Å². The number of rotatable bonds is 5. The van der Waals surface area contributed by atoms with Gasteiger partial charge in [0.2, 0.25) is 5.78 Å². The number of benzene rings is 1. The summed E-state index contributed by atoms with van der Waals surface area (Å²) in [6.45, 7) is -0.792. The van der Waals surface area contributed by atoms with E-state index in [9.17, 15) is 23.6 Å². The minimum atomic E-state index is -0.986. The number of hydrogen-bond acceptors (Lipinski definition) is 6. The lowest BCUT2D eigenvalue weighted by Crippen LogP contribution is -2.35. The van der Waals surface area contributed by atoms with Crippen LogP contribution in [0.5, 0.6) is 0 Å². The fraction of sp³-hybridized carbons (Fsp3) is 0.125. The SMILES string of the molecule is Cn1c(N)c(C(=O)COC(=O)/C=C/c2c(F)cccc2Cl)c(=O)[nH]c1=O. The fourth-order valence-electron chi connectivity index (χ4n) is 1.98. The summed E-state index contributed by atoms with van der Waals surface area (Å²) >= 11 is 5.81. The quantitative estimate of drug-likeness (QED) is 0.450. The summed E-state index contributed by atoms with van der Waals surface area (Å²) in [5.74, 6) is -2.85. The van der Waals surface area contributed by atoms with E-state index in [0.29, 0.717) is 0 Å². The number of H-pyrrole nitrogens is 1. The number of ketones is 1. The highest BCUT2D eigenvalue weighted by Gasteiger charge is 2.19. The van der Waals surface area contributed by atoms with Crippen molar-refractivity contribution in [3.8, 4) is 0 Å². The molecule has 1 heterocycles. The highest BCUT2D eigenvalue weighted by molar-refractivity contribution is 6.32. The Balaban J connectivity index is 2.10. The molecule has 26 heavy (non-hydrogen) atoms. The minimum absolute atomic E-state index is 0.0174. The van der Waals surface area contributed by atoms with Gasteiger partial charge in [0.1, 0.15) is 17.2 Å². The molecule has 0 atom stereocenters. The third kappa shape index (κ3) is 4.06. The molecule has 1 aromatic heterocycles. The van der Waals surface area contributed by atoms with Crippen LogP contribution in [0.2, 0.25) is 5.02 Å². The molecule has 0 aliphatic heterocycles. The third-order valence-corrected chi connectivity index (χ3v) is 3.71. The van der Waals surface area contributed by atoms with E-state index < -0.39 is 41.0 Å². The molecule has 0 bridgehead atoms. The number of nitrogens with zero attached hydrogens (tertiary/aromatic N) is 1. The maximum absolute atomic E-state index is 13.6. The topological polar surface area (TPSA) is 124 Å². The van der Waals surface area contributed by atoms with Crippen LogP contribution in [0.4, 0.5) is 10.2 Å². The molecule has 0 radical (unpaired) electrons. The molecule has 3 N–H and O–H groups in total. The lowest BCUT2D eigenvalue weighted by atomic mass is 10.2. The van der Waals surface area contributed by atoms with Crippen molar-refractivity contribution in [3.63, 3.8) is 0 Å². The Bertz CT molecular complexity index is 1010. The summed E-state index contributed by atoms with van der Waals surface area (Å²) in [5.41, 5.74) is 3.28. The largest absolute Gasteiger partial charge is 0.454 e. The van der Waals surface area contributed by atoms with Gasteiger partial charge in [0.05, 0.1) is 5.02 Å². The molecule has 8 nitrogen and oxygen atoms in total. The molecule has 0 saturated heterocycles. The van der Waals surface area contributed by atoms with Gasteiger partial charge in [-0.3, -0.25) is 19.1 Å². The maximum atomic E-state index is 13.6. The van der Waals surface area contributed by atoms with Crippen molar-refractivity contribution in [1.82, 2.24) is 9.55 Å². The number of nitrogen functional groups attached to an aromatic ring is 1. The number of carbonyl (C=O) groups is 2. The second-order valence-corrected chi connectivity index (χ2v) is 5.49. The van der Waals surface area contributed by atoms with Gasteiger partial charge in [0.15, 0.2) is 6.61 Å².